The molecule has 0 bridgehead atoms. The van der Waals surface area contributed by atoms with Crippen molar-refractivity contribution >= 4 is 28.6 Å². The molecular formula is C12H8INO2. The third kappa shape index (κ3) is 2.57. The molecule has 0 amide bonds. The van der Waals surface area contributed by atoms with Crippen LogP contribution in [0.15, 0.2) is 48.7 Å². The Bertz CT molecular complexity index is 499. The quantitative estimate of drug-likeness (QED) is 0.484. The highest BCUT2D eigenvalue weighted by molar-refractivity contribution is 14.1. The molecule has 0 saturated heterocycles. The molecule has 1 aromatic heterocycles. The lowest BCUT2D eigenvalue weighted by Crippen LogP contribution is -2.09. The van der Waals surface area contributed by atoms with E-state index in [4.69, 9.17) is 4.74 Å². The van der Waals surface area contributed by atoms with Gasteiger partial charge < -0.3 is 4.74 Å². The molecule has 0 aliphatic carbocycles. The van der Waals surface area contributed by atoms with E-state index < -0.39 is 0 Å². The molecule has 0 aliphatic heterocycles. The Morgan fingerprint density at radius 3 is 2.56 bits per heavy atom. The summed E-state index contributed by atoms with van der Waals surface area (Å²) in [5.41, 5.74) is 0.530. The molecule has 0 atom stereocenters. The van der Waals surface area contributed by atoms with Crippen LogP contribution in [0.1, 0.15) is 10.4 Å². The predicted octanol–water partition coefficient (Wildman–Crippen LogP) is 2.91. The molecule has 80 valence electrons. The van der Waals surface area contributed by atoms with Gasteiger partial charge in [-0.15, -0.1) is 0 Å². The topological polar surface area (TPSA) is 39.2 Å². The molecule has 16 heavy (non-hydrogen) atoms. The van der Waals surface area contributed by atoms with Crippen LogP contribution in [0.3, 0.4) is 0 Å². The van der Waals surface area contributed by atoms with E-state index in [2.05, 4.69) is 4.98 Å². The predicted molar refractivity (Wildman–Crippen MR) is 68.4 cm³/mol. The van der Waals surface area contributed by atoms with Crippen LogP contribution in [0.5, 0.6) is 5.75 Å². The van der Waals surface area contributed by atoms with Crippen LogP contribution in [0.2, 0.25) is 0 Å². The van der Waals surface area contributed by atoms with Crippen LogP contribution in [0.25, 0.3) is 0 Å². The van der Waals surface area contributed by atoms with E-state index >= 15 is 0 Å². The number of hydrogen-bond acceptors (Lipinski definition) is 3. The standard InChI is InChI=1S/C12H8INO2/c13-11-10(7-4-8-14-11)16-12(15)9-5-2-1-3-6-9/h1-8H. The van der Waals surface area contributed by atoms with Gasteiger partial charge in [0.1, 0.15) is 3.70 Å². The van der Waals surface area contributed by atoms with Crippen molar-refractivity contribution in [3.63, 3.8) is 0 Å². The number of carbonyl (C=O) groups is 1. The summed E-state index contributed by atoms with van der Waals surface area (Å²) in [4.78, 5) is 15.7. The minimum Gasteiger partial charge on any atom is -0.420 e. The lowest BCUT2D eigenvalue weighted by atomic mass is 10.2. The number of aromatic nitrogens is 1. The zero-order valence-corrected chi connectivity index (χ0v) is 10.4. The van der Waals surface area contributed by atoms with E-state index in [-0.39, 0.29) is 5.97 Å². The molecule has 0 fully saturated rings. The largest absolute Gasteiger partial charge is 0.420 e. The molecule has 2 aromatic rings. The average molecular weight is 325 g/mol. The van der Waals surface area contributed by atoms with E-state index in [1.165, 1.54) is 0 Å². The molecule has 0 N–H and O–H groups in total. The van der Waals surface area contributed by atoms with Crippen LogP contribution in [-0.2, 0) is 0 Å². The van der Waals surface area contributed by atoms with Crippen molar-refractivity contribution in [1.82, 2.24) is 4.98 Å². The molecule has 0 radical (unpaired) electrons. The summed E-state index contributed by atoms with van der Waals surface area (Å²) in [5, 5.41) is 0. The highest BCUT2D eigenvalue weighted by Crippen LogP contribution is 2.18. The zero-order chi connectivity index (χ0) is 11.4. The maximum Gasteiger partial charge on any atom is 0.343 e. The van der Waals surface area contributed by atoms with Crippen LogP contribution in [0, 0.1) is 3.70 Å². The number of benzene rings is 1. The first-order valence-electron chi connectivity index (χ1n) is 4.65. The Hall–Kier alpha value is -1.43. The van der Waals surface area contributed by atoms with Gasteiger partial charge in [0.15, 0.2) is 5.75 Å². The molecule has 1 aromatic carbocycles. The van der Waals surface area contributed by atoms with E-state index in [0.29, 0.717) is 15.0 Å². The summed E-state index contributed by atoms with van der Waals surface area (Å²) < 4.78 is 5.89. The normalized spacial score (nSPS) is 9.81. The molecule has 2 rings (SSSR count). The fourth-order valence-corrected chi connectivity index (χ4v) is 1.63. The Labute approximate surface area is 107 Å². The van der Waals surface area contributed by atoms with Crippen LogP contribution >= 0.6 is 22.6 Å². The number of nitrogens with zero attached hydrogens (tertiary/aromatic N) is 1. The van der Waals surface area contributed by atoms with Gasteiger partial charge >= 0.3 is 5.97 Å². The van der Waals surface area contributed by atoms with Gasteiger partial charge in [-0.05, 0) is 46.9 Å². The summed E-state index contributed by atoms with van der Waals surface area (Å²) in [5.74, 6) is 0.114. The maximum atomic E-state index is 11.7. The van der Waals surface area contributed by atoms with Crippen molar-refractivity contribution in [3.8, 4) is 5.75 Å². The number of rotatable bonds is 2. The Morgan fingerprint density at radius 2 is 1.88 bits per heavy atom. The summed E-state index contributed by atoms with van der Waals surface area (Å²) in [6.07, 6.45) is 1.65. The van der Waals surface area contributed by atoms with E-state index in [1.54, 1.807) is 42.6 Å². The number of carbonyl (C=O) groups excluding carboxylic acids is 1. The van der Waals surface area contributed by atoms with Gasteiger partial charge in [0, 0.05) is 6.20 Å². The number of ether oxygens (including phenoxy) is 1. The highest BCUT2D eigenvalue weighted by atomic mass is 127. The van der Waals surface area contributed by atoms with Gasteiger partial charge in [-0.1, -0.05) is 18.2 Å². The lowest BCUT2D eigenvalue weighted by molar-refractivity contribution is 0.0732. The number of halogens is 1. The third-order valence-electron chi connectivity index (χ3n) is 1.94. The molecular weight excluding hydrogens is 317 g/mol. The summed E-state index contributed by atoms with van der Waals surface area (Å²) in [6.45, 7) is 0. The summed E-state index contributed by atoms with van der Waals surface area (Å²) in [7, 11) is 0. The molecule has 3 nitrogen and oxygen atoms in total. The minimum atomic E-state index is -0.369. The Kier molecular flexibility index (Phi) is 3.51. The van der Waals surface area contributed by atoms with Crippen LogP contribution in [-0.4, -0.2) is 11.0 Å². The van der Waals surface area contributed by atoms with Gasteiger partial charge in [-0.2, -0.15) is 0 Å². The fraction of sp³-hybridized carbons (Fsp3) is 0. The summed E-state index contributed by atoms with van der Waals surface area (Å²) in [6, 6.07) is 12.3. The van der Waals surface area contributed by atoms with Gasteiger partial charge in [0.05, 0.1) is 5.56 Å². The smallest absolute Gasteiger partial charge is 0.343 e. The molecule has 1 heterocycles. The van der Waals surface area contributed by atoms with E-state index in [9.17, 15) is 4.79 Å². The minimum absolute atomic E-state index is 0.369. The number of esters is 1. The highest BCUT2D eigenvalue weighted by Gasteiger charge is 2.09. The molecule has 0 aliphatic rings. The first-order valence-corrected chi connectivity index (χ1v) is 5.73. The molecule has 4 heteroatoms. The van der Waals surface area contributed by atoms with Gasteiger partial charge in [-0.25, -0.2) is 9.78 Å². The molecule has 0 saturated carbocycles. The van der Waals surface area contributed by atoms with Crippen LogP contribution in [0.4, 0.5) is 0 Å². The average Bonchev–Trinajstić information content (AvgIpc) is 2.33. The summed E-state index contributed by atoms with van der Waals surface area (Å²) >= 11 is 2.02. The molecule has 0 spiro atoms. The van der Waals surface area contributed by atoms with Crippen LogP contribution < -0.4 is 4.74 Å². The maximum absolute atomic E-state index is 11.7. The number of pyridine rings is 1. The van der Waals surface area contributed by atoms with Crippen molar-refractivity contribution < 1.29 is 9.53 Å². The van der Waals surface area contributed by atoms with Crippen molar-refractivity contribution in [3.05, 3.63) is 57.9 Å². The van der Waals surface area contributed by atoms with Crippen molar-refractivity contribution in [2.75, 3.05) is 0 Å². The molecule has 0 unspecified atom stereocenters. The first-order chi connectivity index (χ1) is 7.77. The number of hydrogen-bond donors (Lipinski definition) is 0. The van der Waals surface area contributed by atoms with Crippen molar-refractivity contribution in [1.29, 1.82) is 0 Å². The SMILES string of the molecule is O=C(Oc1cccnc1I)c1ccccc1. The van der Waals surface area contributed by atoms with Gasteiger partial charge in [0.25, 0.3) is 0 Å². The van der Waals surface area contributed by atoms with Gasteiger partial charge in [-0.3, -0.25) is 0 Å². The zero-order valence-electron chi connectivity index (χ0n) is 8.26. The monoisotopic (exact) mass is 325 g/mol. The second-order valence-electron chi connectivity index (χ2n) is 3.05. The van der Waals surface area contributed by atoms with E-state index in [1.807, 2.05) is 28.7 Å². The Balaban J connectivity index is 2.18. The fourth-order valence-electron chi connectivity index (χ4n) is 1.18. The van der Waals surface area contributed by atoms with Crippen molar-refractivity contribution in [2.45, 2.75) is 0 Å². The third-order valence-corrected chi connectivity index (χ3v) is 2.75. The Morgan fingerprint density at radius 1 is 1.12 bits per heavy atom. The lowest BCUT2D eigenvalue weighted by Gasteiger charge is -2.04. The van der Waals surface area contributed by atoms with Gasteiger partial charge in [0.2, 0.25) is 0 Å². The first kappa shape index (κ1) is 11.1. The second kappa shape index (κ2) is 5.07. The van der Waals surface area contributed by atoms with Crippen molar-refractivity contribution in [2.24, 2.45) is 0 Å². The second-order valence-corrected chi connectivity index (χ2v) is 4.07. The van der Waals surface area contributed by atoms with E-state index in [0.717, 1.165) is 0 Å².